The molecule has 8 nitrogen and oxygen atoms in total. The largest absolute Gasteiger partial charge is 0.507 e. The number of ketones is 1. The first-order valence-electron chi connectivity index (χ1n) is 10.3. The number of Topliss-reactive ketones (excluding diaryl/α,β-unsaturated/α-hetero) is 1. The maximum atomic E-state index is 14.7. The number of aliphatic hydroxyl groups is 1. The number of amides is 1. The van der Waals surface area contributed by atoms with Gasteiger partial charge in [0.15, 0.2) is 0 Å². The molecule has 168 valence electrons. The Morgan fingerprint density at radius 2 is 1.75 bits per heavy atom. The molecule has 1 N–H and O–H groups in total. The average molecular weight is 441 g/mol. The van der Waals surface area contributed by atoms with Gasteiger partial charge in [-0.1, -0.05) is 32.0 Å². The molecule has 2 aromatic carbocycles. The summed E-state index contributed by atoms with van der Waals surface area (Å²) in [5.41, 5.74) is -0.214. The van der Waals surface area contributed by atoms with Crippen LogP contribution in [-0.2, 0) is 9.59 Å². The molecule has 32 heavy (non-hydrogen) atoms. The number of carbonyl (C=O) groups excluding carboxylic acids is 2. The third kappa shape index (κ3) is 4.38. The normalized spacial score (nSPS) is 17.9. The molecular formula is C23H24FN3O5. The molecule has 0 radical (unpaired) electrons. The van der Waals surface area contributed by atoms with E-state index >= 15 is 0 Å². The van der Waals surface area contributed by atoms with E-state index in [4.69, 9.17) is 0 Å². The second kappa shape index (κ2) is 9.69. The molecule has 1 aliphatic heterocycles. The quantitative estimate of drug-likeness (QED) is 0.221. The van der Waals surface area contributed by atoms with Crippen molar-refractivity contribution in [3.8, 4) is 0 Å². The second-order valence-electron chi connectivity index (χ2n) is 7.34. The number of likely N-dealkylation sites (tertiary alicyclic amines) is 1. The molecule has 2 aromatic rings. The molecule has 0 bridgehead atoms. The standard InChI is InChI=1S/C23H24FN3O5/c1-3-25(4-2)13-14-26-20(17-7-5-6-8-18(17)24)19(22(29)23(26)30)21(28)15-9-11-16(12-10-15)27(31)32/h5-12,20,28H,3-4,13-14H2,1-2H3/b21-19-/t20-/m1/s1. The number of nitro groups is 1. The SMILES string of the molecule is CCN(CC)CCN1C(=O)C(=O)/C(=C(\O)c2ccc([N+](=O)[O-])cc2)[C@H]1c1ccccc1F. The molecule has 0 aromatic heterocycles. The van der Waals surface area contributed by atoms with Crippen molar-refractivity contribution < 1.29 is 24.0 Å². The molecule has 1 amide bonds. The number of halogens is 1. The predicted molar refractivity (Wildman–Crippen MR) is 116 cm³/mol. The summed E-state index contributed by atoms with van der Waals surface area (Å²) in [6, 6.07) is 9.62. The number of hydrogen-bond acceptors (Lipinski definition) is 6. The summed E-state index contributed by atoms with van der Waals surface area (Å²) < 4.78 is 14.7. The highest BCUT2D eigenvalue weighted by Crippen LogP contribution is 2.40. The van der Waals surface area contributed by atoms with Crippen LogP contribution in [0, 0.1) is 15.9 Å². The summed E-state index contributed by atoms with van der Waals surface area (Å²) in [5, 5.41) is 21.8. The van der Waals surface area contributed by atoms with Gasteiger partial charge in [0, 0.05) is 36.3 Å². The van der Waals surface area contributed by atoms with Crippen molar-refractivity contribution in [1.29, 1.82) is 0 Å². The molecular weight excluding hydrogens is 417 g/mol. The Labute approximate surface area is 184 Å². The highest BCUT2D eigenvalue weighted by Gasteiger charge is 2.46. The van der Waals surface area contributed by atoms with Crippen molar-refractivity contribution in [3.63, 3.8) is 0 Å². The number of non-ortho nitro benzene ring substituents is 1. The number of nitrogens with zero attached hydrogens (tertiary/aromatic N) is 3. The minimum absolute atomic E-state index is 0.0923. The Bertz CT molecular complexity index is 1060. The molecule has 1 heterocycles. The Morgan fingerprint density at radius 3 is 2.31 bits per heavy atom. The van der Waals surface area contributed by atoms with E-state index in [1.165, 1.54) is 47.4 Å². The monoisotopic (exact) mass is 441 g/mol. The van der Waals surface area contributed by atoms with E-state index in [-0.39, 0.29) is 28.9 Å². The lowest BCUT2D eigenvalue weighted by molar-refractivity contribution is -0.384. The maximum Gasteiger partial charge on any atom is 0.295 e. The van der Waals surface area contributed by atoms with Crippen molar-refractivity contribution in [2.24, 2.45) is 0 Å². The van der Waals surface area contributed by atoms with Crippen LogP contribution in [0.5, 0.6) is 0 Å². The molecule has 1 aliphatic rings. The number of rotatable bonds is 8. The minimum atomic E-state index is -1.11. The number of carbonyl (C=O) groups is 2. The summed E-state index contributed by atoms with van der Waals surface area (Å²) >= 11 is 0. The molecule has 1 atom stereocenters. The number of hydrogen-bond donors (Lipinski definition) is 1. The topological polar surface area (TPSA) is 104 Å². The number of likely N-dealkylation sites (N-methyl/N-ethyl adjacent to an activating group) is 1. The lowest BCUT2D eigenvalue weighted by atomic mass is 9.95. The molecule has 3 rings (SSSR count). The van der Waals surface area contributed by atoms with E-state index < -0.39 is 34.2 Å². The lowest BCUT2D eigenvalue weighted by Crippen LogP contribution is -2.38. The van der Waals surface area contributed by atoms with E-state index in [0.29, 0.717) is 6.54 Å². The van der Waals surface area contributed by atoms with Gasteiger partial charge in [-0.15, -0.1) is 0 Å². The molecule has 0 saturated carbocycles. The number of benzene rings is 2. The van der Waals surface area contributed by atoms with Gasteiger partial charge in [-0.2, -0.15) is 0 Å². The molecule has 0 unspecified atom stereocenters. The first kappa shape index (κ1) is 23.1. The zero-order valence-electron chi connectivity index (χ0n) is 17.8. The highest BCUT2D eigenvalue weighted by molar-refractivity contribution is 6.46. The second-order valence-corrected chi connectivity index (χ2v) is 7.34. The minimum Gasteiger partial charge on any atom is -0.507 e. The third-order valence-electron chi connectivity index (χ3n) is 5.64. The molecule has 0 spiro atoms. The predicted octanol–water partition coefficient (Wildman–Crippen LogP) is 3.50. The van der Waals surface area contributed by atoms with Gasteiger partial charge in [0.1, 0.15) is 11.6 Å². The summed E-state index contributed by atoms with van der Waals surface area (Å²) in [6.45, 7) is 6.08. The Morgan fingerprint density at radius 1 is 1.12 bits per heavy atom. The van der Waals surface area contributed by atoms with Crippen LogP contribution in [0.4, 0.5) is 10.1 Å². The van der Waals surface area contributed by atoms with E-state index in [0.717, 1.165) is 13.1 Å². The van der Waals surface area contributed by atoms with Crippen molar-refractivity contribution >= 4 is 23.1 Å². The van der Waals surface area contributed by atoms with Crippen LogP contribution in [0.1, 0.15) is 31.0 Å². The number of aliphatic hydroxyl groups excluding tert-OH is 1. The van der Waals surface area contributed by atoms with Crippen LogP contribution in [-0.4, -0.2) is 57.7 Å². The van der Waals surface area contributed by atoms with Crippen LogP contribution >= 0.6 is 0 Å². The van der Waals surface area contributed by atoms with Crippen LogP contribution in [0.25, 0.3) is 5.76 Å². The fourth-order valence-corrected chi connectivity index (χ4v) is 3.82. The Hall–Kier alpha value is -3.59. The van der Waals surface area contributed by atoms with E-state index in [1.54, 1.807) is 6.07 Å². The first-order chi connectivity index (χ1) is 15.3. The van der Waals surface area contributed by atoms with Gasteiger partial charge in [0.05, 0.1) is 16.5 Å². The van der Waals surface area contributed by atoms with Gasteiger partial charge < -0.3 is 14.9 Å². The van der Waals surface area contributed by atoms with Crippen molar-refractivity contribution in [2.45, 2.75) is 19.9 Å². The van der Waals surface area contributed by atoms with E-state index in [9.17, 15) is 29.2 Å². The fourth-order valence-electron chi connectivity index (χ4n) is 3.82. The maximum absolute atomic E-state index is 14.7. The van der Waals surface area contributed by atoms with Gasteiger partial charge in [-0.3, -0.25) is 19.7 Å². The van der Waals surface area contributed by atoms with Crippen molar-refractivity contribution in [3.05, 3.63) is 81.2 Å². The molecule has 0 aliphatic carbocycles. The van der Waals surface area contributed by atoms with Crippen LogP contribution in [0.3, 0.4) is 0 Å². The molecule has 1 saturated heterocycles. The first-order valence-corrected chi connectivity index (χ1v) is 10.3. The van der Waals surface area contributed by atoms with Gasteiger partial charge >= 0.3 is 0 Å². The van der Waals surface area contributed by atoms with Crippen molar-refractivity contribution in [2.75, 3.05) is 26.2 Å². The highest BCUT2D eigenvalue weighted by atomic mass is 19.1. The zero-order chi connectivity index (χ0) is 23.4. The summed E-state index contributed by atoms with van der Waals surface area (Å²) in [4.78, 5) is 39.5. The van der Waals surface area contributed by atoms with Crippen molar-refractivity contribution in [1.82, 2.24) is 9.80 Å². The Kier molecular flexibility index (Phi) is 6.99. The van der Waals surface area contributed by atoms with Gasteiger partial charge in [0.25, 0.3) is 17.4 Å². The molecule has 9 heteroatoms. The Balaban J connectivity index is 2.11. The summed E-state index contributed by atoms with van der Waals surface area (Å²) in [6.07, 6.45) is 0. The van der Waals surface area contributed by atoms with Crippen LogP contribution < -0.4 is 0 Å². The smallest absolute Gasteiger partial charge is 0.295 e. The summed E-state index contributed by atoms with van der Waals surface area (Å²) in [5.74, 6) is -2.86. The van der Waals surface area contributed by atoms with Crippen LogP contribution in [0.15, 0.2) is 54.1 Å². The van der Waals surface area contributed by atoms with Gasteiger partial charge in [-0.25, -0.2) is 4.39 Å². The third-order valence-corrected chi connectivity index (χ3v) is 5.64. The zero-order valence-corrected chi connectivity index (χ0v) is 17.8. The van der Waals surface area contributed by atoms with E-state index in [1.807, 2.05) is 13.8 Å². The van der Waals surface area contributed by atoms with Crippen LogP contribution in [0.2, 0.25) is 0 Å². The average Bonchev–Trinajstić information content (AvgIpc) is 3.04. The van der Waals surface area contributed by atoms with Gasteiger partial charge in [-0.05, 0) is 31.3 Å². The van der Waals surface area contributed by atoms with Gasteiger partial charge in [0.2, 0.25) is 0 Å². The summed E-state index contributed by atoms with van der Waals surface area (Å²) in [7, 11) is 0. The lowest BCUT2D eigenvalue weighted by Gasteiger charge is -2.28. The molecule has 1 fully saturated rings. The van der Waals surface area contributed by atoms with E-state index in [2.05, 4.69) is 4.90 Å². The fraction of sp³-hybridized carbons (Fsp3) is 0.304. The number of nitro benzene ring substituents is 1.